The topological polar surface area (TPSA) is 12.0 Å². The zero-order valence-electron chi connectivity index (χ0n) is 11.9. The number of benzene rings is 1. The van der Waals surface area contributed by atoms with Crippen LogP contribution in [0, 0.1) is 5.82 Å². The SMILES string of the molecule is CCCNC(CSC(C)CC)c1cc(Br)ccc1F. The molecule has 0 aliphatic rings. The lowest BCUT2D eigenvalue weighted by atomic mass is 10.1. The summed E-state index contributed by atoms with van der Waals surface area (Å²) in [6.45, 7) is 7.45. The molecule has 0 radical (unpaired) electrons. The van der Waals surface area contributed by atoms with E-state index in [0.717, 1.165) is 35.2 Å². The van der Waals surface area contributed by atoms with E-state index in [0.29, 0.717) is 5.25 Å². The molecule has 1 aromatic rings. The third-order valence-electron chi connectivity index (χ3n) is 3.10. The van der Waals surface area contributed by atoms with E-state index >= 15 is 0 Å². The number of nitrogens with one attached hydrogen (secondary N) is 1. The minimum atomic E-state index is -0.124. The van der Waals surface area contributed by atoms with Crippen molar-refractivity contribution in [3.8, 4) is 0 Å². The molecule has 108 valence electrons. The first-order valence-electron chi connectivity index (χ1n) is 6.88. The van der Waals surface area contributed by atoms with Crippen molar-refractivity contribution in [2.24, 2.45) is 0 Å². The van der Waals surface area contributed by atoms with Crippen LogP contribution in [0.3, 0.4) is 0 Å². The molecule has 0 aromatic heterocycles. The molecule has 0 saturated carbocycles. The molecule has 0 saturated heterocycles. The second kappa shape index (κ2) is 8.98. The van der Waals surface area contributed by atoms with E-state index in [1.54, 1.807) is 6.07 Å². The molecule has 1 rings (SSSR count). The van der Waals surface area contributed by atoms with Crippen molar-refractivity contribution in [2.75, 3.05) is 12.3 Å². The molecule has 1 N–H and O–H groups in total. The van der Waals surface area contributed by atoms with Crippen LogP contribution in [0.15, 0.2) is 22.7 Å². The Kier molecular flexibility index (Phi) is 8.03. The van der Waals surface area contributed by atoms with Gasteiger partial charge in [0.25, 0.3) is 0 Å². The molecule has 2 atom stereocenters. The Morgan fingerprint density at radius 1 is 1.37 bits per heavy atom. The first-order valence-corrected chi connectivity index (χ1v) is 8.72. The predicted octanol–water partition coefficient (Wildman–Crippen LogP) is 5.16. The average Bonchev–Trinajstić information content (AvgIpc) is 2.41. The second-order valence-electron chi connectivity index (χ2n) is 4.72. The first kappa shape index (κ1) is 17.0. The summed E-state index contributed by atoms with van der Waals surface area (Å²) in [5.74, 6) is 0.782. The third kappa shape index (κ3) is 5.84. The Morgan fingerprint density at radius 2 is 2.11 bits per heavy atom. The predicted molar refractivity (Wildman–Crippen MR) is 87.3 cm³/mol. The molecule has 0 fully saturated rings. The lowest BCUT2D eigenvalue weighted by molar-refractivity contribution is 0.531. The molecule has 1 nitrogen and oxygen atoms in total. The molecule has 0 heterocycles. The first-order chi connectivity index (χ1) is 9.08. The van der Waals surface area contributed by atoms with Gasteiger partial charge in [0, 0.05) is 27.1 Å². The molecule has 19 heavy (non-hydrogen) atoms. The fraction of sp³-hybridized carbons (Fsp3) is 0.600. The highest BCUT2D eigenvalue weighted by Crippen LogP contribution is 2.27. The summed E-state index contributed by atoms with van der Waals surface area (Å²) >= 11 is 5.33. The minimum absolute atomic E-state index is 0.0800. The molecule has 0 spiro atoms. The fourth-order valence-electron chi connectivity index (χ4n) is 1.74. The van der Waals surface area contributed by atoms with E-state index in [2.05, 4.69) is 42.0 Å². The van der Waals surface area contributed by atoms with E-state index in [4.69, 9.17) is 0 Å². The second-order valence-corrected chi connectivity index (χ2v) is 7.11. The maximum absolute atomic E-state index is 14.0. The van der Waals surface area contributed by atoms with E-state index in [1.807, 2.05) is 17.8 Å². The highest BCUT2D eigenvalue weighted by molar-refractivity contribution is 9.10. The molecule has 0 aliphatic carbocycles. The number of hydrogen-bond donors (Lipinski definition) is 1. The standard InChI is InChI=1S/C15H23BrFNS/c1-4-8-18-15(10-19-11(3)5-2)13-9-12(16)6-7-14(13)17/h6-7,9,11,15,18H,4-5,8,10H2,1-3H3. The summed E-state index contributed by atoms with van der Waals surface area (Å²) in [5, 5.41) is 4.06. The lowest BCUT2D eigenvalue weighted by Crippen LogP contribution is -2.25. The van der Waals surface area contributed by atoms with Crippen molar-refractivity contribution in [2.45, 2.75) is 44.9 Å². The van der Waals surface area contributed by atoms with Gasteiger partial charge in [-0.2, -0.15) is 11.8 Å². The van der Waals surface area contributed by atoms with Gasteiger partial charge in [-0.15, -0.1) is 0 Å². The number of hydrogen-bond acceptors (Lipinski definition) is 2. The van der Waals surface area contributed by atoms with Gasteiger partial charge < -0.3 is 5.32 Å². The largest absolute Gasteiger partial charge is 0.309 e. The Labute approximate surface area is 128 Å². The highest BCUT2D eigenvalue weighted by Gasteiger charge is 2.16. The minimum Gasteiger partial charge on any atom is -0.309 e. The summed E-state index contributed by atoms with van der Waals surface area (Å²) in [5.41, 5.74) is 0.763. The lowest BCUT2D eigenvalue weighted by Gasteiger charge is -2.21. The normalized spacial score (nSPS) is 14.4. The Bertz CT molecular complexity index is 386. The Morgan fingerprint density at radius 3 is 2.74 bits per heavy atom. The molecular weight excluding hydrogens is 325 g/mol. The Hall–Kier alpha value is -0.0600. The van der Waals surface area contributed by atoms with Crippen molar-refractivity contribution < 1.29 is 4.39 Å². The molecule has 0 bridgehead atoms. The zero-order chi connectivity index (χ0) is 14.3. The number of rotatable bonds is 8. The van der Waals surface area contributed by atoms with Gasteiger partial charge in [0.1, 0.15) is 5.82 Å². The molecule has 1 aromatic carbocycles. The molecule has 0 amide bonds. The van der Waals surface area contributed by atoms with Crippen LogP contribution >= 0.6 is 27.7 Å². The van der Waals surface area contributed by atoms with Gasteiger partial charge in [-0.1, -0.05) is 36.7 Å². The summed E-state index contributed by atoms with van der Waals surface area (Å²) in [6, 6.07) is 5.25. The van der Waals surface area contributed by atoms with Gasteiger partial charge in [-0.05, 0) is 37.6 Å². The maximum Gasteiger partial charge on any atom is 0.128 e. The van der Waals surface area contributed by atoms with E-state index in [-0.39, 0.29) is 11.9 Å². The summed E-state index contributed by atoms with van der Waals surface area (Å²) in [4.78, 5) is 0. The fourth-order valence-corrected chi connectivity index (χ4v) is 3.17. The molecular formula is C15H23BrFNS. The number of halogens is 2. The van der Waals surface area contributed by atoms with Crippen molar-refractivity contribution in [1.29, 1.82) is 0 Å². The van der Waals surface area contributed by atoms with Crippen LogP contribution in [0.25, 0.3) is 0 Å². The molecule has 2 unspecified atom stereocenters. The average molecular weight is 348 g/mol. The van der Waals surface area contributed by atoms with Gasteiger partial charge >= 0.3 is 0 Å². The van der Waals surface area contributed by atoms with E-state index < -0.39 is 0 Å². The molecule has 4 heteroatoms. The van der Waals surface area contributed by atoms with E-state index in [1.165, 1.54) is 6.07 Å². The van der Waals surface area contributed by atoms with Crippen LogP contribution < -0.4 is 5.32 Å². The van der Waals surface area contributed by atoms with Crippen LogP contribution in [0.4, 0.5) is 4.39 Å². The van der Waals surface area contributed by atoms with Gasteiger partial charge in [-0.25, -0.2) is 4.39 Å². The van der Waals surface area contributed by atoms with Crippen molar-refractivity contribution in [1.82, 2.24) is 5.32 Å². The van der Waals surface area contributed by atoms with E-state index in [9.17, 15) is 4.39 Å². The Balaban J connectivity index is 2.79. The van der Waals surface area contributed by atoms with Crippen LogP contribution in [-0.2, 0) is 0 Å². The molecule has 0 aliphatic heterocycles. The third-order valence-corrected chi connectivity index (χ3v) is 5.02. The van der Waals surface area contributed by atoms with Gasteiger partial charge in [-0.3, -0.25) is 0 Å². The summed E-state index contributed by atoms with van der Waals surface area (Å²) in [6.07, 6.45) is 2.20. The van der Waals surface area contributed by atoms with Gasteiger partial charge in [0.15, 0.2) is 0 Å². The quantitative estimate of drug-likeness (QED) is 0.696. The van der Waals surface area contributed by atoms with Gasteiger partial charge in [0.2, 0.25) is 0 Å². The van der Waals surface area contributed by atoms with Crippen molar-refractivity contribution in [3.63, 3.8) is 0 Å². The highest BCUT2D eigenvalue weighted by atomic mass is 79.9. The smallest absolute Gasteiger partial charge is 0.128 e. The van der Waals surface area contributed by atoms with Crippen LogP contribution in [0.1, 0.15) is 45.2 Å². The maximum atomic E-state index is 14.0. The van der Waals surface area contributed by atoms with Crippen LogP contribution in [0.5, 0.6) is 0 Å². The summed E-state index contributed by atoms with van der Waals surface area (Å²) < 4.78 is 14.9. The summed E-state index contributed by atoms with van der Waals surface area (Å²) in [7, 11) is 0. The van der Waals surface area contributed by atoms with Crippen LogP contribution in [0.2, 0.25) is 0 Å². The van der Waals surface area contributed by atoms with Crippen molar-refractivity contribution >= 4 is 27.7 Å². The monoisotopic (exact) mass is 347 g/mol. The zero-order valence-corrected chi connectivity index (χ0v) is 14.3. The van der Waals surface area contributed by atoms with Crippen LogP contribution in [-0.4, -0.2) is 17.5 Å². The number of thioether (sulfide) groups is 1. The van der Waals surface area contributed by atoms with Gasteiger partial charge in [0.05, 0.1) is 0 Å². The van der Waals surface area contributed by atoms with Crippen molar-refractivity contribution in [3.05, 3.63) is 34.1 Å².